The minimum absolute atomic E-state index is 0.0478. The van der Waals surface area contributed by atoms with E-state index in [1.54, 1.807) is 0 Å². The van der Waals surface area contributed by atoms with Crippen LogP contribution in [-0.2, 0) is 16.0 Å². The molecule has 0 spiro atoms. The van der Waals surface area contributed by atoms with Gasteiger partial charge in [0.05, 0.1) is 12.1 Å². The number of nitrogens with two attached hydrogens (primary N) is 1. The molecule has 6 heteroatoms. The van der Waals surface area contributed by atoms with Crippen LogP contribution in [-0.4, -0.2) is 28.5 Å². The number of carbonyl (C=O) groups is 2. The van der Waals surface area contributed by atoms with Gasteiger partial charge in [0.1, 0.15) is 29.2 Å². The zero-order valence-corrected chi connectivity index (χ0v) is 16.2. The van der Waals surface area contributed by atoms with Crippen LogP contribution in [0, 0.1) is 34.0 Å². The smallest absolute Gasteiger partial charge is 0.146 e. The first-order valence-corrected chi connectivity index (χ1v) is 9.64. The van der Waals surface area contributed by atoms with Crippen molar-refractivity contribution in [1.29, 1.82) is 10.7 Å². The third-order valence-electron chi connectivity index (χ3n) is 6.26. The third-order valence-corrected chi connectivity index (χ3v) is 6.26. The minimum Gasteiger partial charge on any atom is -0.299 e. The Bertz CT molecular complexity index is 949. The Labute approximate surface area is 164 Å². The van der Waals surface area contributed by atoms with Gasteiger partial charge in [0, 0.05) is 12.8 Å². The van der Waals surface area contributed by atoms with Crippen LogP contribution in [0.5, 0.6) is 0 Å². The molecule has 3 aliphatic rings. The predicted octanol–water partition coefficient (Wildman–Crippen LogP) is 2.64. The second kappa shape index (κ2) is 6.39. The lowest BCUT2D eigenvalue weighted by Gasteiger charge is -2.46. The number of rotatable bonds is 1. The summed E-state index contributed by atoms with van der Waals surface area (Å²) < 4.78 is 0. The number of nitrogens with zero attached hydrogens (tertiary/aromatic N) is 2. The zero-order valence-electron chi connectivity index (χ0n) is 16.2. The second-order valence-electron chi connectivity index (χ2n) is 8.82. The molecule has 2 unspecified atom stereocenters. The number of Topliss-reactive ketones (excluding diaryl/α,β-unsaturated/α-hetero) is 2. The molecule has 2 aliphatic carbocycles. The molecule has 144 valence electrons. The highest BCUT2D eigenvalue weighted by molar-refractivity contribution is 6.09. The Morgan fingerprint density at radius 1 is 1.18 bits per heavy atom. The van der Waals surface area contributed by atoms with Gasteiger partial charge < -0.3 is 0 Å². The van der Waals surface area contributed by atoms with E-state index in [2.05, 4.69) is 6.07 Å². The Kier molecular flexibility index (Phi) is 4.24. The van der Waals surface area contributed by atoms with Crippen LogP contribution in [0.2, 0.25) is 0 Å². The Morgan fingerprint density at radius 2 is 1.82 bits per heavy atom. The van der Waals surface area contributed by atoms with Crippen molar-refractivity contribution < 1.29 is 9.59 Å². The maximum absolute atomic E-state index is 13.0. The van der Waals surface area contributed by atoms with Crippen LogP contribution < -0.4 is 5.84 Å². The molecule has 0 aromatic heterocycles. The quantitative estimate of drug-likeness (QED) is 0.578. The van der Waals surface area contributed by atoms with Gasteiger partial charge in [-0.15, -0.1) is 0 Å². The first kappa shape index (κ1) is 18.6. The number of nitrogens with one attached hydrogen (secondary N) is 1. The van der Waals surface area contributed by atoms with Crippen LogP contribution in [0.15, 0.2) is 29.8 Å². The van der Waals surface area contributed by atoms with Crippen molar-refractivity contribution in [2.24, 2.45) is 23.1 Å². The predicted molar refractivity (Wildman–Crippen MR) is 105 cm³/mol. The van der Waals surface area contributed by atoms with E-state index in [1.165, 1.54) is 5.01 Å². The van der Waals surface area contributed by atoms with Gasteiger partial charge in [-0.3, -0.25) is 20.0 Å². The normalized spacial score (nSPS) is 27.4. The molecular formula is C22H24N4O2. The number of hydrogen-bond donors (Lipinski definition) is 2. The van der Waals surface area contributed by atoms with Gasteiger partial charge in [0.2, 0.25) is 0 Å². The Morgan fingerprint density at radius 3 is 2.46 bits per heavy atom. The van der Waals surface area contributed by atoms with Crippen molar-refractivity contribution in [3.8, 4) is 6.07 Å². The van der Waals surface area contributed by atoms with E-state index < -0.39 is 17.9 Å². The maximum atomic E-state index is 13.0. The van der Waals surface area contributed by atoms with Crippen LogP contribution in [0.1, 0.15) is 44.2 Å². The van der Waals surface area contributed by atoms with Crippen LogP contribution in [0.4, 0.5) is 0 Å². The van der Waals surface area contributed by atoms with E-state index in [0.717, 1.165) is 28.7 Å². The largest absolute Gasteiger partial charge is 0.299 e. The fourth-order valence-corrected chi connectivity index (χ4v) is 5.07. The van der Waals surface area contributed by atoms with E-state index in [1.807, 2.05) is 38.1 Å². The Hall–Kier alpha value is -2.78. The van der Waals surface area contributed by atoms with Gasteiger partial charge in [-0.05, 0) is 40.5 Å². The molecule has 0 saturated heterocycles. The second-order valence-corrected chi connectivity index (χ2v) is 8.82. The number of amidine groups is 1. The molecule has 28 heavy (non-hydrogen) atoms. The summed E-state index contributed by atoms with van der Waals surface area (Å²) in [5, 5.41) is 19.5. The minimum atomic E-state index is -0.867. The fraction of sp³-hybridized carbons (Fsp3) is 0.455. The van der Waals surface area contributed by atoms with E-state index in [4.69, 9.17) is 11.3 Å². The number of ketones is 2. The van der Waals surface area contributed by atoms with Crippen molar-refractivity contribution >= 4 is 23.0 Å². The first-order valence-electron chi connectivity index (χ1n) is 9.64. The summed E-state index contributed by atoms with van der Waals surface area (Å²) in [6.07, 6.45) is 2.05. The molecule has 0 radical (unpaired) electrons. The van der Waals surface area contributed by atoms with E-state index in [0.29, 0.717) is 19.3 Å². The summed E-state index contributed by atoms with van der Waals surface area (Å²) in [6.45, 7) is 3.85. The average molecular weight is 376 g/mol. The summed E-state index contributed by atoms with van der Waals surface area (Å²) >= 11 is 0. The standard InChI is InChI=1S/C22H24N4O2/c1-22(2)9-16(27)19(17(28)10-22)20-14-8-7-12-5-3-4-6-13(12)18(14)15(11-23)21(24)26(20)25/h3-6,15,19-20,24H,7-10,25H2,1-2H3. The molecule has 1 aliphatic heterocycles. The highest BCUT2D eigenvalue weighted by Gasteiger charge is 2.50. The molecule has 0 bridgehead atoms. The van der Waals surface area contributed by atoms with Crippen LogP contribution in [0.25, 0.3) is 5.57 Å². The van der Waals surface area contributed by atoms with E-state index >= 15 is 0 Å². The van der Waals surface area contributed by atoms with Gasteiger partial charge in [0.15, 0.2) is 0 Å². The van der Waals surface area contributed by atoms with Crippen LogP contribution in [0.3, 0.4) is 0 Å². The van der Waals surface area contributed by atoms with Crippen LogP contribution >= 0.6 is 0 Å². The van der Waals surface area contributed by atoms with Crippen molar-refractivity contribution in [3.05, 3.63) is 41.0 Å². The molecule has 2 atom stereocenters. The molecule has 6 nitrogen and oxygen atoms in total. The summed E-state index contributed by atoms with van der Waals surface area (Å²) in [4.78, 5) is 26.0. The van der Waals surface area contributed by atoms with Gasteiger partial charge in [-0.1, -0.05) is 38.1 Å². The topological polar surface area (TPSA) is 111 Å². The van der Waals surface area contributed by atoms with Crippen molar-refractivity contribution in [1.82, 2.24) is 5.01 Å². The molecule has 1 saturated carbocycles. The molecule has 4 rings (SSSR count). The zero-order chi connectivity index (χ0) is 20.2. The summed E-state index contributed by atoms with van der Waals surface area (Å²) in [7, 11) is 0. The number of benzene rings is 1. The van der Waals surface area contributed by atoms with Gasteiger partial charge >= 0.3 is 0 Å². The molecular weight excluding hydrogens is 352 g/mol. The van der Waals surface area contributed by atoms with E-state index in [9.17, 15) is 14.9 Å². The SMILES string of the molecule is CC1(C)CC(=O)C(C2C3=C(c4ccccc4CC3)C(C#N)C(=N)N2N)C(=O)C1. The fourth-order valence-electron chi connectivity index (χ4n) is 5.07. The van der Waals surface area contributed by atoms with Gasteiger partial charge in [-0.25, -0.2) is 5.84 Å². The van der Waals surface area contributed by atoms with Gasteiger partial charge in [-0.2, -0.15) is 5.26 Å². The number of hydrazine groups is 1. The maximum Gasteiger partial charge on any atom is 0.146 e. The third kappa shape index (κ3) is 2.70. The molecule has 0 amide bonds. The molecule has 1 heterocycles. The number of hydrogen-bond acceptors (Lipinski definition) is 5. The highest BCUT2D eigenvalue weighted by Crippen LogP contribution is 2.46. The summed E-state index contributed by atoms with van der Waals surface area (Å²) in [5.74, 6) is 4.32. The van der Waals surface area contributed by atoms with Gasteiger partial charge in [0.25, 0.3) is 0 Å². The van der Waals surface area contributed by atoms with E-state index in [-0.39, 0.29) is 22.8 Å². The lowest BCUT2D eigenvalue weighted by atomic mass is 9.65. The monoisotopic (exact) mass is 376 g/mol. The number of nitriles is 1. The summed E-state index contributed by atoms with van der Waals surface area (Å²) in [5.41, 5.74) is 3.36. The lowest BCUT2D eigenvalue weighted by molar-refractivity contribution is -0.141. The molecule has 3 N–H and O–H groups in total. The molecule has 1 aromatic rings. The van der Waals surface area contributed by atoms with Crippen molar-refractivity contribution in [2.75, 3.05) is 0 Å². The lowest BCUT2D eigenvalue weighted by Crippen LogP contribution is -2.60. The number of aryl methyl sites for hydroxylation is 1. The van der Waals surface area contributed by atoms with Crippen molar-refractivity contribution in [2.45, 2.75) is 45.6 Å². The Balaban J connectivity index is 1.89. The molecule has 1 aromatic carbocycles. The van der Waals surface area contributed by atoms with Crippen molar-refractivity contribution in [3.63, 3.8) is 0 Å². The number of carbonyl (C=O) groups excluding carboxylic acids is 2. The summed E-state index contributed by atoms with van der Waals surface area (Å²) in [6, 6.07) is 9.40. The first-order chi connectivity index (χ1) is 13.2. The molecule has 1 fully saturated rings. The number of fused-ring (bicyclic) bond motifs is 2. The highest BCUT2D eigenvalue weighted by atomic mass is 16.2. The average Bonchev–Trinajstić information content (AvgIpc) is 2.63.